The Labute approximate surface area is 257 Å². The number of hydrogen-bond acceptors (Lipinski definition) is 4. The van der Waals surface area contributed by atoms with Gasteiger partial charge in [-0.05, 0) is 67.8 Å². The summed E-state index contributed by atoms with van der Waals surface area (Å²) in [7, 11) is -4.23. The molecule has 0 radical (unpaired) electrons. The molecule has 1 unspecified atom stereocenters. The molecule has 1 N–H and O–H groups in total. The van der Waals surface area contributed by atoms with E-state index in [2.05, 4.69) is 5.32 Å². The summed E-state index contributed by atoms with van der Waals surface area (Å²) in [6.45, 7) is 5.64. The van der Waals surface area contributed by atoms with Crippen LogP contribution >= 0.6 is 34.8 Å². The molecule has 0 bridgehead atoms. The van der Waals surface area contributed by atoms with Gasteiger partial charge in [0, 0.05) is 28.2 Å². The maximum atomic E-state index is 14.1. The number of unbranched alkanes of at least 4 members (excludes halogenated alkanes) is 1. The van der Waals surface area contributed by atoms with E-state index in [0.717, 1.165) is 28.3 Å². The van der Waals surface area contributed by atoms with Gasteiger partial charge in [-0.15, -0.1) is 0 Å². The maximum absolute atomic E-state index is 14.1. The normalized spacial score (nSPS) is 12.0. The van der Waals surface area contributed by atoms with E-state index < -0.39 is 28.5 Å². The summed E-state index contributed by atoms with van der Waals surface area (Å²) < 4.78 is 28.9. The van der Waals surface area contributed by atoms with Gasteiger partial charge in [0.05, 0.1) is 10.6 Å². The first kappa shape index (κ1) is 32.7. The number of nitrogens with one attached hydrogen (secondary N) is 1. The van der Waals surface area contributed by atoms with E-state index in [0.29, 0.717) is 18.0 Å². The van der Waals surface area contributed by atoms with E-state index in [4.69, 9.17) is 34.8 Å². The fraction of sp³-hybridized carbons (Fsp3) is 0.333. The Balaban J connectivity index is 2.06. The number of nitrogens with zero attached hydrogens (tertiary/aromatic N) is 2. The smallest absolute Gasteiger partial charge is 0.264 e. The maximum Gasteiger partial charge on any atom is 0.264 e. The van der Waals surface area contributed by atoms with Gasteiger partial charge in [0.25, 0.3) is 10.0 Å². The van der Waals surface area contributed by atoms with Crippen molar-refractivity contribution in [1.29, 1.82) is 0 Å². The molecule has 0 heterocycles. The monoisotopic (exact) mass is 637 g/mol. The van der Waals surface area contributed by atoms with Gasteiger partial charge in [0.1, 0.15) is 12.6 Å². The molecule has 3 aromatic rings. The van der Waals surface area contributed by atoms with E-state index in [9.17, 15) is 18.0 Å². The number of rotatable bonds is 13. The van der Waals surface area contributed by atoms with Gasteiger partial charge in [0.2, 0.25) is 11.8 Å². The zero-order valence-corrected chi connectivity index (χ0v) is 26.3. The highest BCUT2D eigenvalue weighted by atomic mass is 35.5. The number of halogens is 3. The predicted molar refractivity (Wildman–Crippen MR) is 166 cm³/mol. The molecule has 0 fully saturated rings. The number of carbonyl (C=O) groups is 2. The zero-order chi connectivity index (χ0) is 30.2. The number of sulfonamides is 1. The molecular formula is C30H34Cl3N3O4S. The first-order chi connectivity index (χ1) is 19.5. The topological polar surface area (TPSA) is 86.8 Å². The highest BCUT2D eigenvalue weighted by Gasteiger charge is 2.34. The van der Waals surface area contributed by atoms with Crippen molar-refractivity contribution in [3.63, 3.8) is 0 Å². The molecule has 0 aliphatic heterocycles. The van der Waals surface area contributed by atoms with Crippen LogP contribution in [0, 0.1) is 6.92 Å². The van der Waals surface area contributed by atoms with Crippen molar-refractivity contribution in [3.05, 3.63) is 92.9 Å². The van der Waals surface area contributed by atoms with Gasteiger partial charge in [0.15, 0.2) is 0 Å². The standard InChI is InChI=1S/C30H34Cl3N3O4S/c1-4-6-15-34-30(38)28(5-2)35(19-22-9-11-23(31)12-10-22)29(37)20-36(26-17-24(32)16-25(33)18-26)41(39,40)27-13-7-21(3)8-14-27/h7-14,16-18,28H,4-6,15,19-20H2,1-3H3,(H,34,38). The first-order valence-electron chi connectivity index (χ1n) is 13.3. The zero-order valence-electron chi connectivity index (χ0n) is 23.2. The minimum absolute atomic E-state index is 0.000555. The molecule has 2 amide bonds. The van der Waals surface area contributed by atoms with Crippen LogP contribution in [-0.4, -0.2) is 44.3 Å². The summed E-state index contributed by atoms with van der Waals surface area (Å²) in [5.74, 6) is -0.869. The largest absolute Gasteiger partial charge is 0.354 e. The molecule has 0 spiro atoms. The summed E-state index contributed by atoms with van der Waals surface area (Å²) in [5, 5.41) is 3.86. The highest BCUT2D eigenvalue weighted by molar-refractivity contribution is 7.92. The van der Waals surface area contributed by atoms with Crippen LogP contribution in [0.4, 0.5) is 5.69 Å². The molecule has 7 nitrogen and oxygen atoms in total. The number of hydrogen-bond donors (Lipinski definition) is 1. The number of carbonyl (C=O) groups excluding carboxylic acids is 2. The minimum atomic E-state index is -4.23. The van der Waals surface area contributed by atoms with Crippen LogP contribution in [0.5, 0.6) is 0 Å². The van der Waals surface area contributed by atoms with E-state index in [1.165, 1.54) is 35.2 Å². The van der Waals surface area contributed by atoms with Crippen molar-refractivity contribution < 1.29 is 18.0 Å². The molecular weight excluding hydrogens is 605 g/mol. The van der Waals surface area contributed by atoms with E-state index in [1.54, 1.807) is 36.4 Å². The van der Waals surface area contributed by atoms with Gasteiger partial charge in [-0.3, -0.25) is 13.9 Å². The molecule has 11 heteroatoms. The average molecular weight is 639 g/mol. The van der Waals surface area contributed by atoms with E-state index in [-0.39, 0.29) is 33.1 Å². The van der Waals surface area contributed by atoms with Gasteiger partial charge in [-0.1, -0.05) is 84.9 Å². The second-order valence-electron chi connectivity index (χ2n) is 9.67. The fourth-order valence-electron chi connectivity index (χ4n) is 4.26. The molecule has 1 atom stereocenters. The van der Waals surface area contributed by atoms with Gasteiger partial charge < -0.3 is 10.2 Å². The molecule has 220 valence electrons. The average Bonchev–Trinajstić information content (AvgIpc) is 2.92. The Bertz CT molecular complexity index is 1430. The van der Waals surface area contributed by atoms with Crippen LogP contribution in [0.25, 0.3) is 0 Å². The number of anilines is 1. The van der Waals surface area contributed by atoms with Gasteiger partial charge in [-0.25, -0.2) is 8.42 Å². The van der Waals surface area contributed by atoms with Crippen molar-refractivity contribution in [2.24, 2.45) is 0 Å². The Morgan fingerprint density at radius 1 is 0.878 bits per heavy atom. The third-order valence-corrected chi connectivity index (χ3v) is 8.98. The molecule has 3 rings (SSSR count). The molecule has 0 aliphatic carbocycles. The quantitative estimate of drug-likeness (QED) is 0.207. The van der Waals surface area contributed by atoms with Crippen LogP contribution in [0.3, 0.4) is 0 Å². The molecule has 0 saturated heterocycles. The van der Waals surface area contributed by atoms with Gasteiger partial charge >= 0.3 is 0 Å². The van der Waals surface area contributed by atoms with Crippen LogP contribution in [0.1, 0.15) is 44.2 Å². The van der Waals surface area contributed by atoms with Crippen LogP contribution in [-0.2, 0) is 26.2 Å². The van der Waals surface area contributed by atoms with Crippen molar-refractivity contribution in [1.82, 2.24) is 10.2 Å². The predicted octanol–water partition coefficient (Wildman–Crippen LogP) is 6.87. The van der Waals surface area contributed by atoms with Crippen molar-refractivity contribution >= 4 is 62.3 Å². The number of benzene rings is 3. The van der Waals surface area contributed by atoms with Crippen molar-refractivity contribution in [2.45, 2.75) is 57.5 Å². The second kappa shape index (κ2) is 14.9. The third kappa shape index (κ3) is 8.85. The Hall–Kier alpha value is -2.78. The third-order valence-electron chi connectivity index (χ3n) is 6.50. The summed E-state index contributed by atoms with van der Waals surface area (Å²) >= 11 is 18.5. The summed E-state index contributed by atoms with van der Waals surface area (Å²) in [4.78, 5) is 28.7. The summed E-state index contributed by atoms with van der Waals surface area (Å²) in [6.07, 6.45) is 2.02. The van der Waals surface area contributed by atoms with Gasteiger partial charge in [-0.2, -0.15) is 0 Å². The van der Waals surface area contributed by atoms with Crippen LogP contribution < -0.4 is 9.62 Å². The summed E-state index contributed by atoms with van der Waals surface area (Å²) in [6, 6.07) is 16.8. The second-order valence-corrected chi connectivity index (χ2v) is 12.8. The first-order valence-corrected chi connectivity index (χ1v) is 15.9. The van der Waals surface area contributed by atoms with E-state index in [1.807, 2.05) is 20.8 Å². The highest BCUT2D eigenvalue weighted by Crippen LogP contribution is 2.30. The Morgan fingerprint density at radius 3 is 2.05 bits per heavy atom. The Kier molecular flexibility index (Phi) is 11.9. The Morgan fingerprint density at radius 2 is 1.49 bits per heavy atom. The molecule has 41 heavy (non-hydrogen) atoms. The molecule has 3 aromatic carbocycles. The lowest BCUT2D eigenvalue weighted by atomic mass is 10.1. The lowest BCUT2D eigenvalue weighted by molar-refractivity contribution is -0.140. The minimum Gasteiger partial charge on any atom is -0.354 e. The lowest BCUT2D eigenvalue weighted by Crippen LogP contribution is -2.52. The van der Waals surface area contributed by atoms with Crippen molar-refractivity contribution in [2.75, 3.05) is 17.4 Å². The lowest BCUT2D eigenvalue weighted by Gasteiger charge is -2.33. The van der Waals surface area contributed by atoms with Crippen LogP contribution in [0.2, 0.25) is 15.1 Å². The summed E-state index contributed by atoms with van der Waals surface area (Å²) in [5.41, 5.74) is 1.75. The number of aryl methyl sites for hydroxylation is 1. The van der Waals surface area contributed by atoms with Crippen LogP contribution in [0.15, 0.2) is 71.6 Å². The molecule has 0 saturated carbocycles. The SMILES string of the molecule is CCCCNC(=O)C(CC)N(Cc1ccc(Cl)cc1)C(=O)CN(c1cc(Cl)cc(Cl)c1)S(=O)(=O)c1ccc(C)cc1. The molecule has 0 aromatic heterocycles. The fourth-order valence-corrected chi connectivity index (χ4v) is 6.30. The van der Waals surface area contributed by atoms with E-state index >= 15 is 0 Å². The van der Waals surface area contributed by atoms with Crippen molar-refractivity contribution in [3.8, 4) is 0 Å². The molecule has 0 aliphatic rings. The number of amides is 2.